The minimum absolute atomic E-state index is 0.00419. The van der Waals surface area contributed by atoms with E-state index in [0.29, 0.717) is 20.3 Å². The van der Waals surface area contributed by atoms with Gasteiger partial charge >= 0.3 is 47.8 Å². The van der Waals surface area contributed by atoms with Crippen LogP contribution >= 0.6 is 0 Å². The van der Waals surface area contributed by atoms with E-state index in [1.165, 1.54) is 0 Å². The molecule has 0 unspecified atom stereocenters. The van der Waals surface area contributed by atoms with Crippen molar-refractivity contribution in [3.8, 4) is 0 Å². The molecule has 0 aromatic rings. The van der Waals surface area contributed by atoms with Crippen LogP contribution < -0.4 is 0 Å². The summed E-state index contributed by atoms with van der Waals surface area (Å²) in [5.41, 5.74) is -1.09. The summed E-state index contributed by atoms with van der Waals surface area (Å²) in [5, 5.41) is 1.47. The zero-order chi connectivity index (χ0) is 64.8. The van der Waals surface area contributed by atoms with Crippen molar-refractivity contribution in [2.45, 2.75) is 103 Å². The number of carbonyl (C=O) groups is 16. The molecule has 0 aromatic heterocycles. The fourth-order valence-electron chi connectivity index (χ4n) is 7.47. The topological polar surface area (TPSA) is 434 Å². The lowest BCUT2D eigenvalue weighted by atomic mass is 9.92. The summed E-state index contributed by atoms with van der Waals surface area (Å²) in [6.45, 7) is -1.54. The van der Waals surface area contributed by atoms with E-state index in [1.807, 2.05) is 0 Å². The zero-order valence-electron chi connectivity index (χ0n) is 48.8. The van der Waals surface area contributed by atoms with Gasteiger partial charge in [0.25, 0.3) is 47.3 Å². The molecule has 496 valence electrons. The molecule has 8 amide bonds. The van der Waals surface area contributed by atoms with Crippen molar-refractivity contribution >= 4 is 95.0 Å². The van der Waals surface area contributed by atoms with E-state index in [2.05, 4.69) is 0 Å². The van der Waals surface area contributed by atoms with Crippen LogP contribution in [0.5, 0.6) is 0 Å². The minimum atomic E-state index is -1.09. The van der Waals surface area contributed by atoms with Crippen LogP contribution in [0.25, 0.3) is 0 Å². The van der Waals surface area contributed by atoms with E-state index in [9.17, 15) is 76.7 Å². The molecular weight excluding hydrogens is 1200 g/mol. The Hall–Kier alpha value is -8.00. The van der Waals surface area contributed by atoms with E-state index in [1.54, 1.807) is 0 Å². The summed E-state index contributed by atoms with van der Waals surface area (Å²) in [7, 11) is 0. The summed E-state index contributed by atoms with van der Waals surface area (Å²) in [6.07, 6.45) is -4.15. The van der Waals surface area contributed by atoms with Gasteiger partial charge in [0.2, 0.25) is 0 Å². The Kier molecular flexibility index (Phi) is 34.1. The van der Waals surface area contributed by atoms with Crippen LogP contribution in [0.2, 0.25) is 0 Å². The highest BCUT2D eigenvalue weighted by molar-refractivity contribution is 6.03. The fraction of sp³-hybridized carbons (Fsp3) is 0.698. The first kappa shape index (κ1) is 73.5. The molecule has 0 atom stereocenters. The number of hydroxylamine groups is 8. The highest BCUT2D eigenvalue weighted by Crippen LogP contribution is 2.22. The van der Waals surface area contributed by atoms with Crippen molar-refractivity contribution in [1.29, 1.82) is 0 Å². The highest BCUT2D eigenvalue weighted by atomic mass is 16.7. The van der Waals surface area contributed by atoms with E-state index in [-0.39, 0.29) is 184 Å². The molecule has 4 aliphatic rings. The van der Waals surface area contributed by atoms with Crippen LogP contribution in [0.3, 0.4) is 0 Å². The Bertz CT molecular complexity index is 2090. The van der Waals surface area contributed by atoms with E-state index < -0.39 is 152 Å². The van der Waals surface area contributed by atoms with Crippen molar-refractivity contribution in [3.63, 3.8) is 0 Å². The van der Waals surface area contributed by atoms with Crippen molar-refractivity contribution in [3.05, 3.63) is 0 Å². The van der Waals surface area contributed by atoms with Crippen molar-refractivity contribution < 1.29 is 153 Å². The highest BCUT2D eigenvalue weighted by Gasteiger charge is 2.37. The summed E-state index contributed by atoms with van der Waals surface area (Å²) in [5.74, 6) is -12.3. The summed E-state index contributed by atoms with van der Waals surface area (Å²) in [4.78, 5) is 209. The van der Waals surface area contributed by atoms with Gasteiger partial charge in [-0.1, -0.05) is 0 Å². The number of rotatable bonds is 48. The maximum Gasteiger partial charge on any atom is 0.333 e. The predicted molar refractivity (Wildman–Crippen MR) is 278 cm³/mol. The molecule has 4 rings (SSSR count). The quantitative estimate of drug-likeness (QED) is 0.0271. The molecule has 0 aliphatic carbocycles. The largest absolute Gasteiger partial charge is 0.463 e. The number of imide groups is 4. The van der Waals surface area contributed by atoms with Crippen molar-refractivity contribution in [2.75, 3.05) is 132 Å². The third kappa shape index (κ3) is 29.7. The maximum atomic E-state index is 12.2. The molecule has 0 spiro atoms. The summed E-state index contributed by atoms with van der Waals surface area (Å²) < 4.78 is 66.4. The second kappa shape index (κ2) is 41.3. The number of carbonyl (C=O) groups excluding carboxylic acids is 16. The molecule has 0 aromatic carbocycles. The maximum absolute atomic E-state index is 12.2. The van der Waals surface area contributed by atoms with Crippen LogP contribution in [0, 0.1) is 5.41 Å². The molecule has 4 saturated heterocycles. The first-order valence-electron chi connectivity index (χ1n) is 28.3. The number of ether oxygens (including phenoxy) is 12. The van der Waals surface area contributed by atoms with Gasteiger partial charge in [-0.15, -0.1) is 20.3 Å². The molecule has 4 heterocycles. The number of esters is 4. The van der Waals surface area contributed by atoms with E-state index in [4.69, 9.17) is 76.2 Å². The van der Waals surface area contributed by atoms with Gasteiger partial charge in [-0.3, -0.25) is 57.5 Å². The van der Waals surface area contributed by atoms with Crippen LogP contribution in [-0.4, -0.2) is 247 Å². The zero-order valence-corrected chi connectivity index (χ0v) is 48.8. The van der Waals surface area contributed by atoms with Gasteiger partial charge in [-0.2, -0.15) is 0 Å². The van der Waals surface area contributed by atoms with Crippen molar-refractivity contribution in [1.82, 2.24) is 20.3 Å². The number of hydrogen-bond acceptors (Lipinski definition) is 32. The van der Waals surface area contributed by atoms with Gasteiger partial charge in [-0.05, 0) is 0 Å². The standard InChI is InChI=1S/C53H72N4O32/c58-37-1-2-38(59)54(37)86-49(70)13-9-45(66)82-29-25-74-17-21-78-33-53(34-79-22-18-75-26-30-83-46(67)10-14-50(71)87-55-39(60)3-4-40(55)61,35-80-23-19-76-27-31-84-47(68)11-15-51(72)88-56-41(62)5-6-42(56)63)36-81-24-20-77-28-32-85-48(69)12-16-52(73)89-57-43(64)7-8-44(57)65/h1-36H2. The second-order valence-electron chi connectivity index (χ2n) is 19.2. The van der Waals surface area contributed by atoms with E-state index in [0.717, 1.165) is 0 Å². The smallest absolute Gasteiger partial charge is 0.333 e. The SMILES string of the molecule is O=C(CCC(=O)ON1C(=O)CCC1=O)OCCOCCOCC(COCCOCCOC(=O)CCC(=O)ON1C(=O)CCC1=O)(COCCOCCOC(=O)CCC(=O)ON1C(=O)CCC1=O)COCCOCCOC(=O)CCC(=O)ON1C(=O)CCC1=O. The molecule has 4 fully saturated rings. The van der Waals surface area contributed by atoms with Crippen LogP contribution in [0.15, 0.2) is 0 Å². The number of hydrogen-bond donors (Lipinski definition) is 0. The molecule has 89 heavy (non-hydrogen) atoms. The molecule has 0 bridgehead atoms. The lowest BCUT2D eigenvalue weighted by Crippen LogP contribution is -2.43. The Balaban J connectivity index is 1.24. The first-order chi connectivity index (χ1) is 42.7. The van der Waals surface area contributed by atoms with E-state index >= 15 is 0 Å². The Labute approximate surface area is 507 Å². The average Bonchev–Trinajstić information content (AvgIpc) is 3.96. The first-order valence-corrected chi connectivity index (χ1v) is 28.3. The monoisotopic (exact) mass is 1280 g/mol. The molecule has 36 heteroatoms. The number of amides is 8. The van der Waals surface area contributed by atoms with Crippen molar-refractivity contribution in [2.24, 2.45) is 5.41 Å². The molecular formula is C53H72N4O32. The molecule has 0 radical (unpaired) electrons. The van der Waals surface area contributed by atoms with Crippen LogP contribution in [0.4, 0.5) is 0 Å². The van der Waals surface area contributed by atoms with Gasteiger partial charge in [0.15, 0.2) is 0 Å². The molecule has 4 aliphatic heterocycles. The van der Waals surface area contributed by atoms with Crippen LogP contribution in [-0.2, 0) is 153 Å². The summed E-state index contributed by atoms with van der Waals surface area (Å²) in [6, 6.07) is 0. The van der Waals surface area contributed by atoms with Gasteiger partial charge in [0.05, 0.1) is 162 Å². The number of nitrogens with zero attached hydrogens (tertiary/aromatic N) is 4. The normalized spacial score (nSPS) is 15.1. The Morgan fingerprint density at radius 2 is 0.393 bits per heavy atom. The molecule has 0 saturated carbocycles. The second-order valence-corrected chi connectivity index (χ2v) is 19.2. The Morgan fingerprint density at radius 3 is 0.584 bits per heavy atom. The van der Waals surface area contributed by atoms with Crippen LogP contribution in [0.1, 0.15) is 103 Å². The van der Waals surface area contributed by atoms with Gasteiger partial charge < -0.3 is 76.2 Å². The molecule has 36 nitrogen and oxygen atoms in total. The Morgan fingerprint density at radius 1 is 0.236 bits per heavy atom. The average molecular weight is 1280 g/mol. The third-order valence-corrected chi connectivity index (χ3v) is 12.0. The lowest BCUT2D eigenvalue weighted by molar-refractivity contribution is -0.197. The summed E-state index contributed by atoms with van der Waals surface area (Å²) >= 11 is 0. The lowest BCUT2D eigenvalue weighted by Gasteiger charge is -2.33. The van der Waals surface area contributed by atoms with Gasteiger partial charge in [0, 0.05) is 51.4 Å². The van der Waals surface area contributed by atoms with Gasteiger partial charge in [0.1, 0.15) is 26.4 Å². The minimum Gasteiger partial charge on any atom is -0.463 e. The predicted octanol–water partition coefficient (Wildman–Crippen LogP) is -2.17. The molecule has 0 N–H and O–H groups in total. The van der Waals surface area contributed by atoms with Gasteiger partial charge in [-0.25, -0.2) is 19.2 Å². The third-order valence-electron chi connectivity index (χ3n) is 12.0. The fourth-order valence-corrected chi connectivity index (χ4v) is 7.47.